The van der Waals surface area contributed by atoms with Crippen LogP contribution in [0.1, 0.15) is 69.8 Å². The first kappa shape index (κ1) is 31.3. The van der Waals surface area contributed by atoms with E-state index in [9.17, 15) is 14.4 Å². The molecule has 1 aromatic heterocycles. The molecule has 1 aliphatic carbocycles. The number of esters is 1. The molecule has 0 saturated heterocycles. The van der Waals surface area contributed by atoms with Gasteiger partial charge in [0.1, 0.15) is 10.3 Å². The first-order valence-corrected chi connectivity index (χ1v) is 16.7. The zero-order valence-electron chi connectivity index (χ0n) is 24.7. The lowest BCUT2D eigenvalue weighted by atomic mass is 9.96. The molecule has 44 heavy (non-hydrogen) atoms. The average Bonchev–Trinajstić information content (AvgIpc) is 3.35. The predicted molar refractivity (Wildman–Crippen MR) is 180 cm³/mol. The second-order valence-electron chi connectivity index (χ2n) is 10.5. The van der Waals surface area contributed by atoms with Crippen molar-refractivity contribution in [3.05, 3.63) is 118 Å². The van der Waals surface area contributed by atoms with Crippen molar-refractivity contribution in [3.63, 3.8) is 0 Å². The number of amides is 2. The van der Waals surface area contributed by atoms with Crippen LogP contribution in [0.3, 0.4) is 0 Å². The number of nitrogens with one attached hydrogen (secondary N) is 2. The Labute approximate surface area is 266 Å². The van der Waals surface area contributed by atoms with Gasteiger partial charge in [-0.25, -0.2) is 4.79 Å². The molecule has 2 N–H and O–H groups in total. The van der Waals surface area contributed by atoms with E-state index in [2.05, 4.69) is 10.6 Å². The van der Waals surface area contributed by atoms with Crippen molar-refractivity contribution in [2.75, 3.05) is 17.2 Å². The molecule has 1 unspecified atom stereocenters. The van der Waals surface area contributed by atoms with Crippen LogP contribution >= 0.6 is 23.1 Å². The third-order valence-corrected chi connectivity index (χ3v) is 9.77. The number of carbonyl (C=O) groups excluding carboxylic acids is 3. The van der Waals surface area contributed by atoms with E-state index in [1.807, 2.05) is 84.9 Å². The zero-order chi connectivity index (χ0) is 30.7. The van der Waals surface area contributed by atoms with Gasteiger partial charge >= 0.3 is 5.97 Å². The van der Waals surface area contributed by atoms with Gasteiger partial charge in [-0.3, -0.25) is 9.59 Å². The minimum Gasteiger partial charge on any atom is -0.462 e. The number of hydrogen-bond acceptors (Lipinski definition) is 6. The van der Waals surface area contributed by atoms with Crippen LogP contribution in [0.5, 0.6) is 0 Å². The van der Waals surface area contributed by atoms with Gasteiger partial charge in [-0.15, -0.1) is 23.1 Å². The molecular weight excluding hydrogens is 589 g/mol. The first-order chi connectivity index (χ1) is 21.5. The molecule has 0 aliphatic heterocycles. The van der Waals surface area contributed by atoms with Crippen molar-refractivity contribution >= 4 is 57.6 Å². The number of fused-ring (bicyclic) bond motifs is 1. The van der Waals surface area contributed by atoms with E-state index < -0.39 is 5.25 Å². The minimum atomic E-state index is -0.597. The van der Waals surface area contributed by atoms with Crippen LogP contribution in [0.25, 0.3) is 6.08 Å². The zero-order valence-corrected chi connectivity index (χ0v) is 26.3. The SMILES string of the molecule is CCOC(=O)c1c(NC(=O)C(Sc2cccc(NC(=O)/C=C/c3ccccc3)c2)c2ccccc2)sc2c1CCCCCC2. The molecule has 1 atom stereocenters. The molecule has 1 aliphatic rings. The predicted octanol–water partition coefficient (Wildman–Crippen LogP) is 8.71. The summed E-state index contributed by atoms with van der Waals surface area (Å²) in [7, 11) is 0. The minimum absolute atomic E-state index is 0.221. The molecule has 0 radical (unpaired) electrons. The summed E-state index contributed by atoms with van der Waals surface area (Å²) >= 11 is 2.90. The van der Waals surface area contributed by atoms with Crippen molar-refractivity contribution in [2.24, 2.45) is 0 Å². The van der Waals surface area contributed by atoms with Crippen LogP contribution < -0.4 is 10.6 Å². The Morgan fingerprint density at radius 3 is 2.36 bits per heavy atom. The molecule has 8 heteroatoms. The fourth-order valence-electron chi connectivity index (χ4n) is 5.21. The maximum atomic E-state index is 14.0. The molecule has 226 valence electrons. The Bertz CT molecular complexity index is 1620. The van der Waals surface area contributed by atoms with Gasteiger partial charge in [0.25, 0.3) is 0 Å². The number of thioether (sulfide) groups is 1. The largest absolute Gasteiger partial charge is 0.462 e. The summed E-state index contributed by atoms with van der Waals surface area (Å²) in [6, 6.07) is 26.7. The number of anilines is 2. The summed E-state index contributed by atoms with van der Waals surface area (Å²) in [6.45, 7) is 2.07. The van der Waals surface area contributed by atoms with E-state index in [0.29, 0.717) is 16.3 Å². The average molecular weight is 625 g/mol. The van der Waals surface area contributed by atoms with E-state index in [0.717, 1.165) is 58.6 Å². The van der Waals surface area contributed by atoms with Crippen molar-refractivity contribution in [1.29, 1.82) is 0 Å². The summed E-state index contributed by atoms with van der Waals surface area (Å²) in [5.41, 5.74) is 3.94. The lowest BCUT2D eigenvalue weighted by molar-refractivity contribution is -0.116. The standard InChI is InChI=1S/C36H36N2O4S2/c1-2-42-36(41)32-29-20-11-3-4-12-21-30(29)44-35(32)38-34(40)33(26-16-9-6-10-17-26)43-28-19-13-18-27(24-28)37-31(39)23-22-25-14-7-5-8-15-25/h5-10,13-19,22-24,33H,2-4,11-12,20-21H2,1H3,(H,37,39)(H,38,40)/b23-22+. The number of carbonyl (C=O) groups is 3. The third-order valence-electron chi connectivity index (χ3n) is 7.31. The summed E-state index contributed by atoms with van der Waals surface area (Å²) in [5.74, 6) is -0.844. The van der Waals surface area contributed by atoms with Crippen molar-refractivity contribution in [1.82, 2.24) is 0 Å². The van der Waals surface area contributed by atoms with Crippen molar-refractivity contribution in [3.8, 4) is 0 Å². The van der Waals surface area contributed by atoms with Gasteiger partial charge < -0.3 is 15.4 Å². The normalized spacial score (nSPS) is 13.8. The summed E-state index contributed by atoms with van der Waals surface area (Å²) in [4.78, 5) is 41.8. The lowest BCUT2D eigenvalue weighted by Crippen LogP contribution is -2.20. The highest BCUT2D eigenvalue weighted by molar-refractivity contribution is 8.00. The molecule has 6 nitrogen and oxygen atoms in total. The fourth-order valence-corrected chi connectivity index (χ4v) is 7.57. The Morgan fingerprint density at radius 1 is 0.886 bits per heavy atom. The van der Waals surface area contributed by atoms with Gasteiger partial charge in [-0.1, -0.05) is 79.6 Å². The van der Waals surface area contributed by atoms with Crippen LogP contribution in [0, 0.1) is 0 Å². The number of benzene rings is 3. The fraction of sp³-hybridized carbons (Fsp3) is 0.250. The summed E-state index contributed by atoms with van der Waals surface area (Å²) in [6.07, 6.45) is 9.37. The van der Waals surface area contributed by atoms with Gasteiger partial charge in [0, 0.05) is 21.5 Å². The molecule has 2 amide bonds. The number of thiophene rings is 1. The first-order valence-electron chi connectivity index (χ1n) is 15.0. The van der Waals surface area contributed by atoms with E-state index in [4.69, 9.17) is 4.74 Å². The van der Waals surface area contributed by atoms with E-state index >= 15 is 0 Å². The van der Waals surface area contributed by atoms with Crippen molar-refractivity contribution < 1.29 is 19.1 Å². The van der Waals surface area contributed by atoms with Gasteiger partial charge in [0.05, 0.1) is 12.2 Å². The highest BCUT2D eigenvalue weighted by atomic mass is 32.2. The highest BCUT2D eigenvalue weighted by Crippen LogP contribution is 2.41. The lowest BCUT2D eigenvalue weighted by Gasteiger charge is -2.18. The van der Waals surface area contributed by atoms with Crippen LogP contribution in [0.4, 0.5) is 10.7 Å². The maximum Gasteiger partial charge on any atom is 0.341 e. The second-order valence-corrected chi connectivity index (χ2v) is 12.8. The van der Waals surface area contributed by atoms with Crippen LogP contribution in [0.15, 0.2) is 95.9 Å². The smallest absolute Gasteiger partial charge is 0.341 e. The molecule has 3 aromatic carbocycles. The summed E-state index contributed by atoms with van der Waals surface area (Å²) < 4.78 is 5.45. The molecule has 0 bridgehead atoms. The molecule has 4 aromatic rings. The molecular formula is C36H36N2O4S2. The van der Waals surface area contributed by atoms with Crippen molar-refractivity contribution in [2.45, 2.75) is 55.6 Å². The number of aryl methyl sites for hydroxylation is 1. The quantitative estimate of drug-likeness (QED) is 0.105. The van der Waals surface area contributed by atoms with Gasteiger partial charge in [-0.2, -0.15) is 0 Å². The van der Waals surface area contributed by atoms with E-state index in [-0.39, 0.29) is 24.4 Å². The Hall–Kier alpha value is -4.14. The van der Waals surface area contributed by atoms with Gasteiger partial charge in [0.2, 0.25) is 11.8 Å². The molecule has 0 spiro atoms. The maximum absolute atomic E-state index is 14.0. The van der Waals surface area contributed by atoms with Gasteiger partial charge in [0.15, 0.2) is 0 Å². The highest BCUT2D eigenvalue weighted by Gasteiger charge is 2.29. The number of hydrogen-bond donors (Lipinski definition) is 2. The van der Waals surface area contributed by atoms with Crippen LogP contribution in [-0.4, -0.2) is 24.4 Å². The topological polar surface area (TPSA) is 84.5 Å². The molecule has 0 fully saturated rings. The Kier molecular flexibility index (Phi) is 11.1. The molecule has 0 saturated carbocycles. The second kappa shape index (κ2) is 15.5. The molecule has 1 heterocycles. The number of ether oxygens (including phenoxy) is 1. The van der Waals surface area contributed by atoms with Gasteiger partial charge in [-0.05, 0) is 73.6 Å². The van der Waals surface area contributed by atoms with Crippen LogP contribution in [-0.2, 0) is 27.2 Å². The number of rotatable bonds is 10. The summed E-state index contributed by atoms with van der Waals surface area (Å²) in [5, 5.41) is 6.01. The van der Waals surface area contributed by atoms with E-state index in [1.165, 1.54) is 35.6 Å². The Balaban J connectivity index is 1.38. The monoisotopic (exact) mass is 624 g/mol. The van der Waals surface area contributed by atoms with Crippen LogP contribution in [0.2, 0.25) is 0 Å². The third kappa shape index (κ3) is 8.27. The molecule has 5 rings (SSSR count). The van der Waals surface area contributed by atoms with E-state index in [1.54, 1.807) is 13.0 Å². The Morgan fingerprint density at radius 2 is 1.61 bits per heavy atom.